The van der Waals surface area contributed by atoms with Crippen LogP contribution in [0.25, 0.3) is 11.0 Å². The lowest BCUT2D eigenvalue weighted by molar-refractivity contribution is -0.133. The van der Waals surface area contributed by atoms with Crippen LogP contribution >= 0.6 is 0 Å². The highest BCUT2D eigenvalue weighted by Crippen LogP contribution is 2.33. The number of nitrogens with one attached hydrogen (secondary N) is 1. The molecule has 5 rings (SSSR count). The van der Waals surface area contributed by atoms with Gasteiger partial charge < -0.3 is 19.5 Å². The monoisotopic (exact) mass is 468 g/mol. The number of amides is 2. The molecule has 0 aliphatic carbocycles. The first-order valence-corrected chi connectivity index (χ1v) is 11.8. The first-order chi connectivity index (χ1) is 17.0. The van der Waals surface area contributed by atoms with Crippen molar-refractivity contribution in [2.24, 2.45) is 0 Å². The van der Waals surface area contributed by atoms with Gasteiger partial charge in [0.15, 0.2) is 5.82 Å². The lowest BCUT2D eigenvalue weighted by atomic mass is 9.94. The van der Waals surface area contributed by atoms with Crippen LogP contribution in [0.4, 0.5) is 0 Å². The van der Waals surface area contributed by atoms with E-state index < -0.39 is 5.54 Å². The maximum atomic E-state index is 13.9. The maximum absolute atomic E-state index is 13.9. The van der Waals surface area contributed by atoms with Gasteiger partial charge in [-0.2, -0.15) is 0 Å². The Hall–Kier alpha value is -4.13. The fourth-order valence-corrected chi connectivity index (χ4v) is 4.65. The molecule has 1 aromatic heterocycles. The molecule has 0 fully saturated rings. The molecule has 7 nitrogen and oxygen atoms in total. The maximum Gasteiger partial charge on any atom is 0.291 e. The number of hydrogen-bond acceptors (Lipinski definition) is 4. The summed E-state index contributed by atoms with van der Waals surface area (Å²) in [6.45, 7) is 5.16. The standard InChI is InChI=1S/C28H28N4O3/c1-3-35-24-16-10-7-13-21(24)18-32-26(33)25-30-22-14-8-9-15-23(22)31(25)19-28(32,2)27(34)29-17-20-11-5-4-6-12-20/h4-16H,3,17-19H2,1-2H3,(H,29,34). The Bertz CT molecular complexity index is 1380. The summed E-state index contributed by atoms with van der Waals surface area (Å²) in [6, 6.07) is 25.0. The van der Waals surface area contributed by atoms with Gasteiger partial charge in [0.25, 0.3) is 5.91 Å². The van der Waals surface area contributed by atoms with Crippen LogP contribution in [-0.2, 0) is 24.4 Å². The van der Waals surface area contributed by atoms with Gasteiger partial charge >= 0.3 is 0 Å². The molecular formula is C28H28N4O3. The van der Waals surface area contributed by atoms with E-state index in [0.29, 0.717) is 31.3 Å². The van der Waals surface area contributed by atoms with Crippen molar-refractivity contribution in [2.75, 3.05) is 6.61 Å². The Balaban J connectivity index is 1.54. The van der Waals surface area contributed by atoms with Gasteiger partial charge in [0.2, 0.25) is 5.91 Å². The quantitative estimate of drug-likeness (QED) is 0.442. The predicted molar refractivity (Wildman–Crippen MR) is 134 cm³/mol. The molecule has 1 aliphatic rings. The minimum Gasteiger partial charge on any atom is -0.494 e. The van der Waals surface area contributed by atoms with Crippen LogP contribution in [0.1, 0.15) is 35.6 Å². The molecule has 7 heteroatoms. The number of para-hydroxylation sites is 3. The molecule has 1 N–H and O–H groups in total. The van der Waals surface area contributed by atoms with E-state index >= 15 is 0 Å². The summed E-state index contributed by atoms with van der Waals surface area (Å²) in [4.78, 5) is 33.9. The third kappa shape index (κ3) is 4.14. The Morgan fingerprint density at radius 2 is 1.74 bits per heavy atom. The first-order valence-electron chi connectivity index (χ1n) is 11.8. The lowest BCUT2D eigenvalue weighted by Gasteiger charge is -2.43. The van der Waals surface area contributed by atoms with Crippen LogP contribution in [0.15, 0.2) is 78.9 Å². The van der Waals surface area contributed by atoms with E-state index in [1.165, 1.54) is 0 Å². The number of rotatable bonds is 7. The van der Waals surface area contributed by atoms with E-state index in [4.69, 9.17) is 4.74 Å². The molecule has 35 heavy (non-hydrogen) atoms. The van der Waals surface area contributed by atoms with Gasteiger partial charge in [0.1, 0.15) is 11.3 Å². The molecule has 1 atom stereocenters. The number of carbonyl (C=O) groups excluding carboxylic acids is 2. The van der Waals surface area contributed by atoms with Gasteiger partial charge in [0.05, 0.1) is 30.7 Å². The second-order valence-corrected chi connectivity index (χ2v) is 8.88. The molecule has 1 aliphatic heterocycles. The molecule has 178 valence electrons. The largest absolute Gasteiger partial charge is 0.494 e. The number of carbonyl (C=O) groups is 2. The Kier molecular flexibility index (Phi) is 5.99. The molecule has 0 saturated carbocycles. The molecule has 3 aromatic carbocycles. The second-order valence-electron chi connectivity index (χ2n) is 8.88. The van der Waals surface area contributed by atoms with Crippen LogP contribution in [-0.4, -0.2) is 38.4 Å². The molecule has 1 unspecified atom stereocenters. The van der Waals surface area contributed by atoms with Crippen LogP contribution in [0.5, 0.6) is 5.75 Å². The molecule has 0 saturated heterocycles. The van der Waals surface area contributed by atoms with Gasteiger partial charge in [-0.3, -0.25) is 9.59 Å². The van der Waals surface area contributed by atoms with Crippen molar-refractivity contribution < 1.29 is 14.3 Å². The van der Waals surface area contributed by atoms with Crippen LogP contribution in [0.2, 0.25) is 0 Å². The van der Waals surface area contributed by atoms with Crippen molar-refractivity contribution in [1.82, 2.24) is 19.8 Å². The van der Waals surface area contributed by atoms with E-state index in [0.717, 1.165) is 22.2 Å². The average molecular weight is 469 g/mol. The molecule has 2 heterocycles. The minimum atomic E-state index is -1.14. The SMILES string of the molecule is CCOc1ccccc1CN1C(=O)c2nc3ccccc3n2CC1(C)C(=O)NCc1ccccc1. The zero-order chi connectivity index (χ0) is 24.4. The van der Waals surface area contributed by atoms with E-state index in [9.17, 15) is 9.59 Å². The molecular weight excluding hydrogens is 440 g/mol. The summed E-state index contributed by atoms with van der Waals surface area (Å²) >= 11 is 0. The average Bonchev–Trinajstić information content (AvgIpc) is 3.25. The molecule has 2 amide bonds. The van der Waals surface area contributed by atoms with Crippen molar-refractivity contribution in [3.63, 3.8) is 0 Å². The molecule has 0 radical (unpaired) electrons. The fraction of sp³-hybridized carbons (Fsp3) is 0.250. The van der Waals surface area contributed by atoms with Crippen LogP contribution in [0, 0.1) is 0 Å². The number of hydrogen-bond donors (Lipinski definition) is 1. The first kappa shape index (κ1) is 22.7. The molecule has 4 aromatic rings. The minimum absolute atomic E-state index is 0.216. The number of nitrogens with zero attached hydrogens (tertiary/aromatic N) is 3. The van der Waals surface area contributed by atoms with Gasteiger partial charge in [-0.25, -0.2) is 4.98 Å². The smallest absolute Gasteiger partial charge is 0.291 e. The highest BCUT2D eigenvalue weighted by molar-refractivity contribution is 6.01. The highest BCUT2D eigenvalue weighted by Gasteiger charge is 2.48. The Labute approximate surface area is 204 Å². The number of ether oxygens (including phenoxy) is 1. The van der Waals surface area contributed by atoms with Crippen LogP contribution in [0.3, 0.4) is 0 Å². The summed E-state index contributed by atoms with van der Waals surface area (Å²) in [5.41, 5.74) is 2.27. The van der Waals surface area contributed by atoms with Crippen molar-refractivity contribution in [3.05, 3.63) is 95.8 Å². The van der Waals surface area contributed by atoms with E-state index in [-0.39, 0.29) is 18.4 Å². The number of fused-ring (bicyclic) bond motifs is 3. The van der Waals surface area contributed by atoms with Crippen molar-refractivity contribution >= 4 is 22.8 Å². The highest BCUT2D eigenvalue weighted by atomic mass is 16.5. The van der Waals surface area contributed by atoms with Gasteiger partial charge in [-0.05, 0) is 37.6 Å². The zero-order valence-electron chi connectivity index (χ0n) is 19.9. The fourth-order valence-electron chi connectivity index (χ4n) is 4.65. The van der Waals surface area contributed by atoms with E-state index in [1.807, 2.05) is 97.3 Å². The second kappa shape index (κ2) is 9.25. The third-order valence-corrected chi connectivity index (χ3v) is 6.54. The number of benzene rings is 3. The van der Waals surface area contributed by atoms with E-state index in [1.54, 1.807) is 4.90 Å². The summed E-state index contributed by atoms with van der Waals surface area (Å²) in [7, 11) is 0. The zero-order valence-corrected chi connectivity index (χ0v) is 19.9. The van der Waals surface area contributed by atoms with Gasteiger partial charge in [0, 0.05) is 12.1 Å². The Morgan fingerprint density at radius 1 is 1.03 bits per heavy atom. The molecule has 0 spiro atoms. The van der Waals surface area contributed by atoms with Gasteiger partial charge in [-0.1, -0.05) is 60.7 Å². The van der Waals surface area contributed by atoms with Gasteiger partial charge in [-0.15, -0.1) is 0 Å². The summed E-state index contributed by atoms with van der Waals surface area (Å²) in [5.74, 6) is 0.547. The molecule has 0 bridgehead atoms. The predicted octanol–water partition coefficient (Wildman–Crippen LogP) is 4.17. The number of aromatic nitrogens is 2. The van der Waals surface area contributed by atoms with Crippen LogP contribution < -0.4 is 10.1 Å². The topological polar surface area (TPSA) is 76.5 Å². The lowest BCUT2D eigenvalue weighted by Crippen LogP contribution is -2.63. The number of imidazole rings is 1. The Morgan fingerprint density at radius 3 is 2.54 bits per heavy atom. The summed E-state index contributed by atoms with van der Waals surface area (Å²) in [6.07, 6.45) is 0. The normalized spacial score (nSPS) is 17.3. The van der Waals surface area contributed by atoms with Crippen molar-refractivity contribution in [3.8, 4) is 5.75 Å². The van der Waals surface area contributed by atoms with E-state index in [2.05, 4.69) is 10.3 Å². The van der Waals surface area contributed by atoms with Crippen molar-refractivity contribution in [1.29, 1.82) is 0 Å². The summed E-state index contributed by atoms with van der Waals surface area (Å²) < 4.78 is 7.67. The third-order valence-electron chi connectivity index (χ3n) is 6.54. The van der Waals surface area contributed by atoms with Crippen molar-refractivity contribution in [2.45, 2.75) is 39.0 Å². The summed E-state index contributed by atoms with van der Waals surface area (Å²) in [5, 5.41) is 3.06.